The van der Waals surface area contributed by atoms with E-state index in [4.69, 9.17) is 9.47 Å². The molecule has 2 amide bonds. The summed E-state index contributed by atoms with van der Waals surface area (Å²) in [6.45, 7) is 3.90. The van der Waals surface area contributed by atoms with Crippen LogP contribution in [-0.2, 0) is 14.3 Å². The maximum absolute atomic E-state index is 12.5. The largest absolute Gasteiger partial charge is 0.494 e. The normalized spacial score (nSPS) is 14.6. The van der Waals surface area contributed by atoms with E-state index in [-0.39, 0.29) is 36.0 Å². The van der Waals surface area contributed by atoms with Crippen molar-refractivity contribution in [1.29, 1.82) is 0 Å². The third kappa shape index (κ3) is 4.51. The molecule has 1 heterocycles. The number of ether oxygens (including phenoxy) is 2. The van der Waals surface area contributed by atoms with E-state index in [1.54, 1.807) is 24.3 Å². The van der Waals surface area contributed by atoms with E-state index < -0.39 is 12.1 Å². The summed E-state index contributed by atoms with van der Waals surface area (Å²) in [7, 11) is 0. The molecule has 1 atom stereocenters. The number of hydrogen-bond donors (Lipinski definition) is 0. The quantitative estimate of drug-likeness (QED) is 0.406. The predicted molar refractivity (Wildman–Crippen MR) is 105 cm³/mol. The van der Waals surface area contributed by atoms with Crippen LogP contribution in [0.15, 0.2) is 48.5 Å². The lowest BCUT2D eigenvalue weighted by atomic mass is 10.1. The molecular weight excluding hydrogens is 374 g/mol. The van der Waals surface area contributed by atoms with Crippen molar-refractivity contribution in [3.63, 3.8) is 0 Å². The Morgan fingerprint density at radius 3 is 2.03 bits per heavy atom. The Morgan fingerprint density at radius 2 is 1.48 bits per heavy atom. The van der Waals surface area contributed by atoms with Crippen LogP contribution in [0.5, 0.6) is 5.75 Å². The Hall–Kier alpha value is -3.48. The Labute approximate surface area is 168 Å². The molecule has 0 unspecified atom stereocenters. The first-order valence-corrected chi connectivity index (χ1v) is 9.34. The molecule has 0 aliphatic carbocycles. The molecule has 0 spiro atoms. The minimum atomic E-state index is -0.971. The number of carbonyl (C=O) groups is 4. The van der Waals surface area contributed by atoms with Crippen LogP contribution < -0.4 is 9.64 Å². The van der Waals surface area contributed by atoms with Gasteiger partial charge in [0.25, 0.3) is 0 Å². The second-order valence-corrected chi connectivity index (χ2v) is 6.54. The Morgan fingerprint density at radius 1 is 0.931 bits per heavy atom. The van der Waals surface area contributed by atoms with Crippen LogP contribution >= 0.6 is 0 Å². The third-order valence-electron chi connectivity index (χ3n) is 4.52. The topological polar surface area (TPSA) is 90.0 Å². The van der Waals surface area contributed by atoms with Crippen LogP contribution in [0.25, 0.3) is 0 Å². The van der Waals surface area contributed by atoms with Crippen LogP contribution in [0, 0.1) is 0 Å². The molecule has 3 rings (SSSR count). The standard InChI is InChI=1S/C22H21NO6/c1-3-28-18-10-6-15(7-11-18)21(26)14(2)29-22(27)16-4-8-17(9-5-16)23-19(24)12-13-20(23)25/h4-11,14H,3,12-13H2,1-2H3/t14-/m1/s1. The predicted octanol–water partition coefficient (Wildman–Crippen LogP) is 3.17. The average molecular weight is 395 g/mol. The van der Waals surface area contributed by atoms with Crippen molar-refractivity contribution in [1.82, 2.24) is 0 Å². The van der Waals surface area contributed by atoms with E-state index in [0.29, 0.717) is 23.6 Å². The minimum absolute atomic E-state index is 0.188. The summed E-state index contributed by atoms with van der Waals surface area (Å²) in [6, 6.07) is 12.6. The lowest BCUT2D eigenvalue weighted by Crippen LogP contribution is -2.28. The molecule has 2 aromatic rings. The van der Waals surface area contributed by atoms with Gasteiger partial charge in [-0.2, -0.15) is 0 Å². The van der Waals surface area contributed by atoms with Crippen LogP contribution in [0.2, 0.25) is 0 Å². The van der Waals surface area contributed by atoms with Gasteiger partial charge in [0.2, 0.25) is 17.6 Å². The van der Waals surface area contributed by atoms with Gasteiger partial charge in [-0.3, -0.25) is 19.3 Å². The minimum Gasteiger partial charge on any atom is -0.494 e. The van der Waals surface area contributed by atoms with Gasteiger partial charge < -0.3 is 9.47 Å². The monoisotopic (exact) mass is 395 g/mol. The van der Waals surface area contributed by atoms with E-state index in [9.17, 15) is 19.2 Å². The fourth-order valence-corrected chi connectivity index (χ4v) is 3.01. The number of anilines is 1. The molecule has 0 bridgehead atoms. The Balaban J connectivity index is 1.63. The van der Waals surface area contributed by atoms with Gasteiger partial charge >= 0.3 is 5.97 Å². The maximum atomic E-state index is 12.5. The summed E-state index contributed by atoms with van der Waals surface area (Å²) in [4.78, 5) is 49.5. The van der Waals surface area contributed by atoms with Gasteiger partial charge in [0.15, 0.2) is 6.10 Å². The Kier molecular flexibility index (Phi) is 6.07. The summed E-state index contributed by atoms with van der Waals surface area (Å²) >= 11 is 0. The molecule has 1 aliphatic heterocycles. The van der Waals surface area contributed by atoms with Crippen LogP contribution in [0.3, 0.4) is 0 Å². The third-order valence-corrected chi connectivity index (χ3v) is 4.52. The molecule has 7 heteroatoms. The number of ketones is 1. The number of benzene rings is 2. The van der Waals surface area contributed by atoms with Crippen LogP contribution in [0.1, 0.15) is 47.4 Å². The summed E-state index contributed by atoms with van der Waals surface area (Å²) in [6.07, 6.45) is -0.594. The van der Waals surface area contributed by atoms with Crippen molar-refractivity contribution < 1.29 is 28.7 Å². The van der Waals surface area contributed by atoms with Crippen molar-refractivity contribution in [2.24, 2.45) is 0 Å². The summed E-state index contributed by atoms with van der Waals surface area (Å²) in [5.41, 5.74) is 1.04. The zero-order valence-corrected chi connectivity index (χ0v) is 16.2. The second-order valence-electron chi connectivity index (χ2n) is 6.54. The molecule has 1 saturated heterocycles. The zero-order chi connectivity index (χ0) is 21.0. The van der Waals surface area contributed by atoms with Gasteiger partial charge in [0, 0.05) is 18.4 Å². The van der Waals surface area contributed by atoms with Crippen molar-refractivity contribution >= 4 is 29.3 Å². The molecule has 0 radical (unpaired) electrons. The molecule has 0 aromatic heterocycles. The van der Waals surface area contributed by atoms with E-state index in [0.717, 1.165) is 4.90 Å². The van der Waals surface area contributed by atoms with E-state index in [1.807, 2.05) is 6.92 Å². The fourth-order valence-electron chi connectivity index (χ4n) is 3.01. The van der Waals surface area contributed by atoms with E-state index >= 15 is 0 Å². The highest BCUT2D eigenvalue weighted by molar-refractivity contribution is 6.19. The van der Waals surface area contributed by atoms with Gasteiger partial charge in [-0.05, 0) is 62.4 Å². The summed E-state index contributed by atoms with van der Waals surface area (Å²) in [5.74, 6) is -0.864. The zero-order valence-electron chi connectivity index (χ0n) is 16.2. The highest BCUT2D eigenvalue weighted by atomic mass is 16.5. The first-order chi connectivity index (χ1) is 13.9. The smallest absolute Gasteiger partial charge is 0.338 e. The van der Waals surface area contributed by atoms with Gasteiger partial charge in [-0.1, -0.05) is 0 Å². The molecule has 2 aromatic carbocycles. The number of carbonyl (C=O) groups excluding carboxylic acids is 4. The van der Waals surface area contributed by atoms with Gasteiger partial charge in [0.05, 0.1) is 17.9 Å². The highest BCUT2D eigenvalue weighted by Crippen LogP contribution is 2.23. The van der Waals surface area contributed by atoms with Crippen LogP contribution in [0.4, 0.5) is 5.69 Å². The van der Waals surface area contributed by atoms with Crippen molar-refractivity contribution in [2.75, 3.05) is 11.5 Å². The van der Waals surface area contributed by atoms with Gasteiger partial charge in [-0.15, -0.1) is 0 Å². The van der Waals surface area contributed by atoms with Gasteiger partial charge in [0.1, 0.15) is 5.75 Å². The molecule has 1 aliphatic rings. The second kappa shape index (κ2) is 8.68. The summed E-state index contributed by atoms with van der Waals surface area (Å²) < 4.78 is 10.6. The molecule has 7 nitrogen and oxygen atoms in total. The first-order valence-electron chi connectivity index (χ1n) is 9.34. The fraction of sp³-hybridized carbons (Fsp3) is 0.273. The molecule has 1 fully saturated rings. The van der Waals surface area contributed by atoms with E-state index in [1.165, 1.54) is 31.2 Å². The lowest BCUT2D eigenvalue weighted by Gasteiger charge is -2.15. The number of amides is 2. The van der Waals surface area contributed by atoms with E-state index in [2.05, 4.69) is 0 Å². The van der Waals surface area contributed by atoms with Crippen molar-refractivity contribution in [2.45, 2.75) is 32.8 Å². The molecule has 150 valence electrons. The van der Waals surface area contributed by atoms with Gasteiger partial charge in [-0.25, -0.2) is 4.79 Å². The number of imide groups is 1. The summed E-state index contributed by atoms with van der Waals surface area (Å²) in [5, 5.41) is 0. The maximum Gasteiger partial charge on any atom is 0.338 e. The molecular formula is C22H21NO6. The Bertz CT molecular complexity index is 917. The number of hydrogen-bond acceptors (Lipinski definition) is 6. The van der Waals surface area contributed by atoms with Crippen LogP contribution in [-0.4, -0.2) is 36.3 Å². The first kappa shape index (κ1) is 20.3. The van der Waals surface area contributed by atoms with Crippen molar-refractivity contribution in [3.8, 4) is 5.75 Å². The molecule has 0 saturated carbocycles. The number of esters is 1. The molecule has 0 N–H and O–H groups in total. The number of nitrogens with zero attached hydrogens (tertiary/aromatic N) is 1. The van der Waals surface area contributed by atoms with Crippen molar-refractivity contribution in [3.05, 3.63) is 59.7 Å². The lowest BCUT2D eigenvalue weighted by molar-refractivity contribution is -0.121. The molecule has 29 heavy (non-hydrogen) atoms. The highest BCUT2D eigenvalue weighted by Gasteiger charge is 2.30. The average Bonchev–Trinajstić information content (AvgIpc) is 3.06. The number of rotatable bonds is 7. The SMILES string of the molecule is CCOc1ccc(C(=O)[C@@H](C)OC(=O)c2ccc(N3C(=O)CCC3=O)cc2)cc1. The number of Topliss-reactive ketones (excluding diaryl/α,β-unsaturated/α-hetero) is 1.